The van der Waals surface area contributed by atoms with E-state index in [-0.39, 0.29) is 19.1 Å². The van der Waals surface area contributed by atoms with Crippen molar-refractivity contribution in [3.05, 3.63) is 95.1 Å². The van der Waals surface area contributed by atoms with Crippen LogP contribution in [-0.4, -0.2) is 30.5 Å². The highest BCUT2D eigenvalue weighted by Crippen LogP contribution is 2.15. The molecule has 3 rings (SSSR count). The second-order valence-electron chi connectivity index (χ2n) is 8.73. The Morgan fingerprint density at radius 1 is 0.865 bits per heavy atom. The molecule has 0 atom stereocenters. The van der Waals surface area contributed by atoms with Gasteiger partial charge in [-0.25, -0.2) is 5.43 Å². The summed E-state index contributed by atoms with van der Waals surface area (Å²) in [5.74, 6) is -0.947. The number of nitrogens with zero attached hydrogens (tertiary/aromatic N) is 1. The summed E-state index contributed by atoms with van der Waals surface area (Å²) < 4.78 is 5.52. The first-order valence-corrected chi connectivity index (χ1v) is 12.2. The minimum Gasteiger partial charge on any atom is -0.484 e. The number of benzene rings is 3. The van der Waals surface area contributed by atoms with Gasteiger partial charge in [0.2, 0.25) is 0 Å². The fraction of sp³-hybridized carbons (Fsp3) is 0.241. The molecule has 0 saturated heterocycles. The summed E-state index contributed by atoms with van der Waals surface area (Å²) in [5, 5.41) is 9.18. The highest BCUT2D eigenvalue weighted by Gasteiger charge is 2.12. The molecule has 0 saturated carbocycles. The quantitative estimate of drug-likeness (QED) is 0.221. The number of carbonyl (C=O) groups is 3. The number of anilines is 1. The molecule has 3 aromatic carbocycles. The zero-order chi connectivity index (χ0) is 26.6. The van der Waals surface area contributed by atoms with E-state index in [4.69, 9.17) is 4.74 Å². The predicted octanol–water partition coefficient (Wildman–Crippen LogP) is 4.16. The third-order valence-electron chi connectivity index (χ3n) is 5.58. The Kier molecular flexibility index (Phi) is 9.96. The first-order valence-electron chi connectivity index (χ1n) is 12.2. The highest BCUT2D eigenvalue weighted by molar-refractivity contribution is 6.35. The van der Waals surface area contributed by atoms with Gasteiger partial charge >= 0.3 is 11.8 Å². The Morgan fingerprint density at radius 2 is 1.51 bits per heavy atom. The number of carbonyl (C=O) groups excluding carboxylic acids is 3. The molecule has 0 aromatic heterocycles. The molecular weight excluding hydrogens is 468 g/mol. The van der Waals surface area contributed by atoms with Crippen molar-refractivity contribution in [3.63, 3.8) is 0 Å². The zero-order valence-electron chi connectivity index (χ0n) is 21.3. The van der Waals surface area contributed by atoms with Crippen LogP contribution in [0, 0.1) is 0 Å². The van der Waals surface area contributed by atoms with Crippen LogP contribution in [0.5, 0.6) is 5.75 Å². The summed E-state index contributed by atoms with van der Waals surface area (Å²) in [7, 11) is 0. The molecule has 3 N–H and O–H groups in total. The Bertz CT molecular complexity index is 1220. The van der Waals surface area contributed by atoms with Gasteiger partial charge < -0.3 is 15.4 Å². The monoisotopic (exact) mass is 500 g/mol. The van der Waals surface area contributed by atoms with Gasteiger partial charge in [-0.05, 0) is 71.0 Å². The molecule has 0 aliphatic carbocycles. The van der Waals surface area contributed by atoms with Gasteiger partial charge in [-0.2, -0.15) is 5.10 Å². The average molecular weight is 501 g/mol. The van der Waals surface area contributed by atoms with E-state index in [1.165, 1.54) is 17.3 Å². The third kappa shape index (κ3) is 8.92. The highest BCUT2D eigenvalue weighted by atomic mass is 16.5. The maximum absolute atomic E-state index is 12.1. The van der Waals surface area contributed by atoms with Crippen LogP contribution >= 0.6 is 0 Å². The molecule has 8 heteroatoms. The topological polar surface area (TPSA) is 109 Å². The van der Waals surface area contributed by atoms with Gasteiger partial charge in [-0.3, -0.25) is 14.4 Å². The van der Waals surface area contributed by atoms with E-state index in [1.54, 1.807) is 24.3 Å². The number of hydrogen-bond acceptors (Lipinski definition) is 5. The van der Waals surface area contributed by atoms with E-state index in [2.05, 4.69) is 41.9 Å². The zero-order valence-corrected chi connectivity index (χ0v) is 21.3. The molecular formula is C29H32N4O4. The van der Waals surface area contributed by atoms with Gasteiger partial charge in [0.25, 0.3) is 5.91 Å². The van der Waals surface area contributed by atoms with Crippen molar-refractivity contribution in [3.8, 4) is 5.75 Å². The fourth-order valence-corrected chi connectivity index (χ4v) is 3.32. The van der Waals surface area contributed by atoms with Crippen LogP contribution in [0.1, 0.15) is 48.9 Å². The van der Waals surface area contributed by atoms with Gasteiger partial charge in [0.05, 0.1) is 6.21 Å². The Balaban J connectivity index is 1.38. The molecule has 8 nitrogen and oxygen atoms in total. The molecule has 0 heterocycles. The van der Waals surface area contributed by atoms with Crippen molar-refractivity contribution in [2.24, 2.45) is 5.10 Å². The number of rotatable bonds is 10. The summed E-state index contributed by atoms with van der Waals surface area (Å²) in [6.45, 7) is 6.41. The lowest BCUT2D eigenvalue weighted by molar-refractivity contribution is -0.139. The molecule has 0 fully saturated rings. The first-order chi connectivity index (χ1) is 17.8. The van der Waals surface area contributed by atoms with Gasteiger partial charge in [0.1, 0.15) is 5.75 Å². The van der Waals surface area contributed by atoms with Crippen LogP contribution in [0.15, 0.2) is 77.9 Å². The number of hydrogen-bond donors (Lipinski definition) is 3. The third-order valence-corrected chi connectivity index (χ3v) is 5.58. The number of ether oxygens (including phenoxy) is 1. The van der Waals surface area contributed by atoms with Crippen LogP contribution < -0.4 is 20.8 Å². The Hall–Kier alpha value is -4.46. The standard InChI is InChI=1S/C29H32N4O4/c1-4-21-7-13-25(14-8-21)32-27(34)19-37-26-15-9-23(10-16-26)18-31-33-29(36)28(35)30-17-22-5-11-24(12-6-22)20(2)3/h5-16,18,20H,4,17,19H2,1-3H3,(H,30,35)(H,32,34)(H,33,36)/b31-18-. The van der Waals surface area contributed by atoms with Crippen molar-refractivity contribution in [2.45, 2.75) is 39.7 Å². The van der Waals surface area contributed by atoms with E-state index in [0.717, 1.165) is 12.0 Å². The minimum absolute atomic E-state index is 0.129. The largest absolute Gasteiger partial charge is 0.484 e. The average Bonchev–Trinajstić information content (AvgIpc) is 2.91. The van der Waals surface area contributed by atoms with Crippen LogP contribution in [0.3, 0.4) is 0 Å². The summed E-state index contributed by atoms with van der Waals surface area (Å²) in [5.41, 5.74) is 6.92. The van der Waals surface area contributed by atoms with Crippen LogP contribution in [0.4, 0.5) is 5.69 Å². The summed E-state index contributed by atoms with van der Waals surface area (Å²) in [4.78, 5) is 36.1. The van der Waals surface area contributed by atoms with Gasteiger partial charge in [-0.1, -0.05) is 57.2 Å². The molecule has 37 heavy (non-hydrogen) atoms. The van der Waals surface area contributed by atoms with E-state index < -0.39 is 11.8 Å². The molecule has 0 aliphatic heterocycles. The lowest BCUT2D eigenvalue weighted by atomic mass is 10.0. The van der Waals surface area contributed by atoms with Crippen LogP contribution in [-0.2, 0) is 27.3 Å². The van der Waals surface area contributed by atoms with Crippen molar-refractivity contribution in [1.29, 1.82) is 0 Å². The van der Waals surface area contributed by atoms with Crippen LogP contribution in [0.2, 0.25) is 0 Å². The molecule has 3 aromatic rings. The van der Waals surface area contributed by atoms with Crippen LogP contribution in [0.25, 0.3) is 0 Å². The lowest BCUT2D eigenvalue weighted by Gasteiger charge is -2.08. The molecule has 0 spiro atoms. The summed E-state index contributed by atoms with van der Waals surface area (Å²) in [6, 6.07) is 22.3. The normalized spacial score (nSPS) is 10.8. The fourth-order valence-electron chi connectivity index (χ4n) is 3.32. The predicted molar refractivity (Wildman–Crippen MR) is 145 cm³/mol. The van der Waals surface area contributed by atoms with E-state index in [0.29, 0.717) is 22.9 Å². The molecule has 192 valence electrons. The van der Waals surface area contributed by atoms with Gasteiger partial charge in [0, 0.05) is 12.2 Å². The van der Waals surface area contributed by atoms with E-state index in [9.17, 15) is 14.4 Å². The van der Waals surface area contributed by atoms with Crippen molar-refractivity contribution < 1.29 is 19.1 Å². The van der Waals surface area contributed by atoms with E-state index in [1.807, 2.05) is 48.5 Å². The second-order valence-corrected chi connectivity index (χ2v) is 8.73. The lowest BCUT2D eigenvalue weighted by Crippen LogP contribution is -2.37. The molecule has 0 unspecified atom stereocenters. The summed E-state index contributed by atoms with van der Waals surface area (Å²) >= 11 is 0. The van der Waals surface area contributed by atoms with Crippen molar-refractivity contribution in [2.75, 3.05) is 11.9 Å². The Morgan fingerprint density at radius 3 is 2.14 bits per heavy atom. The molecule has 0 radical (unpaired) electrons. The maximum atomic E-state index is 12.1. The number of hydrazone groups is 1. The van der Waals surface area contributed by atoms with E-state index >= 15 is 0 Å². The van der Waals surface area contributed by atoms with Gasteiger partial charge in [-0.15, -0.1) is 0 Å². The first kappa shape index (κ1) is 27.1. The maximum Gasteiger partial charge on any atom is 0.329 e. The SMILES string of the molecule is CCc1ccc(NC(=O)COc2ccc(/C=N\NC(=O)C(=O)NCc3ccc(C(C)C)cc3)cc2)cc1. The molecule has 0 aliphatic rings. The Labute approximate surface area is 217 Å². The smallest absolute Gasteiger partial charge is 0.329 e. The minimum atomic E-state index is -0.856. The van der Waals surface area contributed by atoms with Crippen molar-refractivity contribution in [1.82, 2.24) is 10.7 Å². The summed E-state index contributed by atoms with van der Waals surface area (Å²) in [6.07, 6.45) is 2.35. The van der Waals surface area contributed by atoms with Crippen molar-refractivity contribution >= 4 is 29.6 Å². The molecule has 3 amide bonds. The molecule has 0 bridgehead atoms. The number of aryl methyl sites for hydroxylation is 1. The van der Waals surface area contributed by atoms with Gasteiger partial charge in [0.15, 0.2) is 6.61 Å². The number of amides is 3. The second kappa shape index (κ2) is 13.6. The number of nitrogens with one attached hydrogen (secondary N) is 3.